The van der Waals surface area contributed by atoms with Crippen molar-refractivity contribution in [1.29, 1.82) is 0 Å². The van der Waals surface area contributed by atoms with Crippen molar-refractivity contribution in [3.05, 3.63) is 41.7 Å². The van der Waals surface area contributed by atoms with Crippen LogP contribution in [0.5, 0.6) is 0 Å². The van der Waals surface area contributed by atoms with E-state index in [1.165, 1.54) is 18.1 Å². The Labute approximate surface area is 71.7 Å². The minimum Gasteiger partial charge on any atom is -0.206 e. The van der Waals surface area contributed by atoms with E-state index < -0.39 is 0 Å². The molecule has 1 aromatic rings. The predicted molar refractivity (Wildman–Crippen MR) is 48.2 cm³/mol. The molecule has 0 spiro atoms. The molecule has 2 rings (SSSR count). The van der Waals surface area contributed by atoms with Crippen molar-refractivity contribution >= 4 is 5.57 Å². The highest BCUT2D eigenvalue weighted by atomic mass is 19.1. The van der Waals surface area contributed by atoms with Gasteiger partial charge in [-0.25, -0.2) is 4.39 Å². The van der Waals surface area contributed by atoms with E-state index in [1.54, 1.807) is 6.07 Å². The van der Waals surface area contributed by atoms with E-state index in [-0.39, 0.29) is 5.82 Å². The molecule has 0 N–H and O–H groups in total. The first-order valence-electron chi connectivity index (χ1n) is 4.32. The smallest absolute Gasteiger partial charge is 0.130 e. The maximum absolute atomic E-state index is 13.2. The van der Waals surface area contributed by atoms with Crippen molar-refractivity contribution < 1.29 is 4.39 Å². The molecular weight excluding hydrogens is 151 g/mol. The second-order valence-electron chi connectivity index (χ2n) is 3.10. The van der Waals surface area contributed by atoms with Gasteiger partial charge >= 0.3 is 0 Å². The van der Waals surface area contributed by atoms with Gasteiger partial charge in [-0.1, -0.05) is 24.3 Å². The summed E-state index contributed by atoms with van der Waals surface area (Å²) >= 11 is 0. The van der Waals surface area contributed by atoms with Gasteiger partial charge in [0.2, 0.25) is 0 Å². The second kappa shape index (κ2) is 3.10. The molecule has 62 valence electrons. The first-order chi connectivity index (χ1) is 5.88. The Kier molecular flexibility index (Phi) is 1.94. The molecular formula is C11H11F. The minimum atomic E-state index is -0.0920. The first-order valence-corrected chi connectivity index (χ1v) is 4.32. The number of benzene rings is 1. The molecule has 0 heterocycles. The molecule has 0 atom stereocenters. The third kappa shape index (κ3) is 1.27. The molecule has 0 fully saturated rings. The summed E-state index contributed by atoms with van der Waals surface area (Å²) in [6.45, 7) is 0. The van der Waals surface area contributed by atoms with Crippen molar-refractivity contribution in [2.45, 2.75) is 19.3 Å². The summed E-state index contributed by atoms with van der Waals surface area (Å²) in [5.41, 5.74) is 1.96. The third-order valence-electron chi connectivity index (χ3n) is 2.26. The van der Waals surface area contributed by atoms with Crippen LogP contribution in [0.15, 0.2) is 30.3 Å². The zero-order valence-electron chi connectivity index (χ0n) is 6.89. The molecule has 0 saturated carbocycles. The summed E-state index contributed by atoms with van der Waals surface area (Å²) < 4.78 is 13.2. The third-order valence-corrected chi connectivity index (χ3v) is 2.26. The molecule has 1 aliphatic carbocycles. The SMILES string of the molecule is Fc1ccccc1C1=CCCC1. The van der Waals surface area contributed by atoms with Crippen LogP contribution in [0.1, 0.15) is 24.8 Å². The number of halogens is 1. The van der Waals surface area contributed by atoms with E-state index >= 15 is 0 Å². The van der Waals surface area contributed by atoms with Crippen molar-refractivity contribution in [2.75, 3.05) is 0 Å². The van der Waals surface area contributed by atoms with Gasteiger partial charge in [-0.15, -0.1) is 0 Å². The van der Waals surface area contributed by atoms with Crippen molar-refractivity contribution in [1.82, 2.24) is 0 Å². The van der Waals surface area contributed by atoms with Gasteiger partial charge in [0.05, 0.1) is 0 Å². The molecule has 12 heavy (non-hydrogen) atoms. The number of allylic oxidation sites excluding steroid dienone is 2. The van der Waals surface area contributed by atoms with Gasteiger partial charge in [0.1, 0.15) is 5.82 Å². The summed E-state index contributed by atoms with van der Waals surface area (Å²) in [5.74, 6) is -0.0920. The number of hydrogen-bond donors (Lipinski definition) is 0. The van der Waals surface area contributed by atoms with Gasteiger partial charge in [-0.3, -0.25) is 0 Å². The molecule has 0 aliphatic heterocycles. The van der Waals surface area contributed by atoms with E-state index in [2.05, 4.69) is 6.08 Å². The zero-order chi connectivity index (χ0) is 8.39. The van der Waals surface area contributed by atoms with Crippen molar-refractivity contribution in [2.24, 2.45) is 0 Å². The fraction of sp³-hybridized carbons (Fsp3) is 0.273. The molecule has 1 aromatic carbocycles. The first kappa shape index (κ1) is 7.53. The van der Waals surface area contributed by atoms with E-state index in [0.29, 0.717) is 0 Å². The highest BCUT2D eigenvalue weighted by Crippen LogP contribution is 2.28. The summed E-state index contributed by atoms with van der Waals surface area (Å²) in [6, 6.07) is 6.99. The maximum Gasteiger partial charge on any atom is 0.130 e. The van der Waals surface area contributed by atoms with Gasteiger partial charge in [0.25, 0.3) is 0 Å². The van der Waals surface area contributed by atoms with E-state index in [0.717, 1.165) is 18.4 Å². The topological polar surface area (TPSA) is 0 Å². The van der Waals surface area contributed by atoms with Gasteiger partial charge in [-0.05, 0) is 30.9 Å². The largest absolute Gasteiger partial charge is 0.206 e. The fourth-order valence-electron chi connectivity index (χ4n) is 1.64. The Bertz CT molecular complexity index is 313. The van der Waals surface area contributed by atoms with Crippen molar-refractivity contribution in [3.63, 3.8) is 0 Å². The van der Waals surface area contributed by atoms with Gasteiger partial charge in [-0.2, -0.15) is 0 Å². The molecule has 0 amide bonds. The predicted octanol–water partition coefficient (Wildman–Crippen LogP) is 3.39. The van der Waals surface area contributed by atoms with Crippen LogP contribution in [-0.2, 0) is 0 Å². The van der Waals surface area contributed by atoms with Crippen LogP contribution in [0.25, 0.3) is 5.57 Å². The lowest BCUT2D eigenvalue weighted by Gasteiger charge is -2.02. The molecule has 0 aromatic heterocycles. The number of rotatable bonds is 1. The quantitative estimate of drug-likeness (QED) is 0.593. The second-order valence-corrected chi connectivity index (χ2v) is 3.10. The van der Waals surface area contributed by atoms with Gasteiger partial charge in [0, 0.05) is 5.56 Å². The molecule has 1 heteroatoms. The van der Waals surface area contributed by atoms with Crippen LogP contribution >= 0.6 is 0 Å². The molecule has 0 saturated heterocycles. The monoisotopic (exact) mass is 162 g/mol. The van der Waals surface area contributed by atoms with Crippen LogP contribution in [0.2, 0.25) is 0 Å². The summed E-state index contributed by atoms with van der Waals surface area (Å²) in [6.07, 6.45) is 5.44. The highest BCUT2D eigenvalue weighted by molar-refractivity contribution is 5.67. The van der Waals surface area contributed by atoms with E-state index in [4.69, 9.17) is 0 Å². The molecule has 0 nitrogen and oxygen atoms in total. The van der Waals surface area contributed by atoms with E-state index in [1.807, 2.05) is 12.1 Å². The highest BCUT2D eigenvalue weighted by Gasteiger charge is 2.09. The summed E-state index contributed by atoms with van der Waals surface area (Å²) in [5, 5.41) is 0. The fourth-order valence-corrected chi connectivity index (χ4v) is 1.64. The average Bonchev–Trinajstić information content (AvgIpc) is 2.57. The number of hydrogen-bond acceptors (Lipinski definition) is 0. The van der Waals surface area contributed by atoms with E-state index in [9.17, 15) is 4.39 Å². The Morgan fingerprint density at radius 1 is 1.17 bits per heavy atom. The standard InChI is InChI=1S/C11H11F/c12-11-8-4-3-7-10(11)9-5-1-2-6-9/h3-5,7-8H,1-2,6H2. The minimum absolute atomic E-state index is 0.0920. The molecule has 1 aliphatic rings. The van der Waals surface area contributed by atoms with Crippen LogP contribution in [-0.4, -0.2) is 0 Å². The molecule has 0 bridgehead atoms. The lowest BCUT2D eigenvalue weighted by molar-refractivity contribution is 0.623. The summed E-state index contributed by atoms with van der Waals surface area (Å²) in [7, 11) is 0. The average molecular weight is 162 g/mol. The Balaban J connectivity index is 2.39. The lowest BCUT2D eigenvalue weighted by Crippen LogP contribution is -1.85. The van der Waals surface area contributed by atoms with Crippen LogP contribution in [0, 0.1) is 5.82 Å². The van der Waals surface area contributed by atoms with Crippen LogP contribution in [0.3, 0.4) is 0 Å². The Hall–Kier alpha value is -1.11. The Morgan fingerprint density at radius 2 is 2.00 bits per heavy atom. The van der Waals surface area contributed by atoms with Crippen molar-refractivity contribution in [3.8, 4) is 0 Å². The van der Waals surface area contributed by atoms with Crippen LogP contribution in [0.4, 0.5) is 4.39 Å². The maximum atomic E-state index is 13.2. The van der Waals surface area contributed by atoms with Gasteiger partial charge in [0.15, 0.2) is 0 Å². The summed E-state index contributed by atoms with van der Waals surface area (Å²) in [4.78, 5) is 0. The molecule has 0 radical (unpaired) electrons. The Morgan fingerprint density at radius 3 is 2.67 bits per heavy atom. The zero-order valence-corrected chi connectivity index (χ0v) is 6.89. The normalized spacial score (nSPS) is 16.2. The lowest BCUT2D eigenvalue weighted by atomic mass is 10.1. The van der Waals surface area contributed by atoms with Crippen LogP contribution < -0.4 is 0 Å². The van der Waals surface area contributed by atoms with Gasteiger partial charge < -0.3 is 0 Å². The molecule has 0 unspecified atom stereocenters.